The van der Waals surface area contributed by atoms with Gasteiger partial charge in [0.05, 0.1) is 6.10 Å². The van der Waals surface area contributed by atoms with E-state index in [1.807, 2.05) is 30.0 Å². The van der Waals surface area contributed by atoms with Crippen LogP contribution in [0.3, 0.4) is 0 Å². The Morgan fingerprint density at radius 1 is 1.50 bits per heavy atom. The fourth-order valence-corrected chi connectivity index (χ4v) is 3.55. The Bertz CT molecular complexity index is 492. The summed E-state index contributed by atoms with van der Waals surface area (Å²) in [6.45, 7) is 2.95. The van der Waals surface area contributed by atoms with Gasteiger partial charge in [0.1, 0.15) is 6.04 Å². The first-order chi connectivity index (χ1) is 8.65. The molecule has 2 heterocycles. The van der Waals surface area contributed by atoms with Crippen molar-refractivity contribution in [2.24, 2.45) is 5.73 Å². The first kappa shape index (κ1) is 12.0. The molecule has 2 aliphatic heterocycles. The van der Waals surface area contributed by atoms with Crippen molar-refractivity contribution >= 4 is 23.4 Å². The molecular weight excluding hydrogens is 248 g/mol. The third-order valence-corrected chi connectivity index (χ3v) is 4.94. The molecule has 3 unspecified atom stereocenters. The molecule has 3 rings (SSSR count). The number of benzene rings is 1. The second-order valence-corrected chi connectivity index (χ2v) is 6.05. The van der Waals surface area contributed by atoms with Gasteiger partial charge in [-0.15, -0.1) is 11.8 Å². The molecule has 0 aromatic heterocycles. The van der Waals surface area contributed by atoms with Gasteiger partial charge in [-0.2, -0.15) is 0 Å². The average Bonchev–Trinajstić information content (AvgIpc) is 2.86. The summed E-state index contributed by atoms with van der Waals surface area (Å²) in [5, 5.41) is 3.31. The van der Waals surface area contributed by atoms with E-state index in [9.17, 15) is 4.79 Å². The predicted molar refractivity (Wildman–Crippen MR) is 71.7 cm³/mol. The van der Waals surface area contributed by atoms with E-state index in [0.29, 0.717) is 11.4 Å². The van der Waals surface area contributed by atoms with Crippen LogP contribution >= 0.6 is 11.8 Å². The number of nitrogens with two attached hydrogens (primary N) is 1. The van der Waals surface area contributed by atoms with Crippen LogP contribution in [0.5, 0.6) is 0 Å². The molecule has 1 aromatic rings. The van der Waals surface area contributed by atoms with Crippen LogP contribution < -0.4 is 11.1 Å². The van der Waals surface area contributed by atoms with Crippen LogP contribution in [0.2, 0.25) is 0 Å². The Labute approximate surface area is 110 Å². The van der Waals surface area contributed by atoms with Gasteiger partial charge in [0, 0.05) is 28.0 Å². The molecule has 1 saturated heterocycles. The maximum Gasteiger partial charge on any atom is 0.245 e. The standard InChI is InChI=1S/C13H16N2O2S/c1-7-11(4-5-17-7)18-8-2-3-9-10(6-8)15-13(16)12(9)14/h2-3,6-7,11-12H,4-5,14H2,1H3,(H,15,16). The number of nitrogens with one attached hydrogen (secondary N) is 1. The van der Waals surface area contributed by atoms with Gasteiger partial charge in [-0.3, -0.25) is 4.79 Å². The van der Waals surface area contributed by atoms with Crippen molar-refractivity contribution in [3.8, 4) is 0 Å². The summed E-state index contributed by atoms with van der Waals surface area (Å²) in [7, 11) is 0. The number of carbonyl (C=O) groups is 1. The molecule has 96 valence electrons. The van der Waals surface area contributed by atoms with E-state index < -0.39 is 6.04 Å². The molecule has 2 aliphatic rings. The van der Waals surface area contributed by atoms with Crippen LogP contribution in [0, 0.1) is 0 Å². The fraction of sp³-hybridized carbons (Fsp3) is 0.462. The van der Waals surface area contributed by atoms with Crippen LogP contribution in [0.4, 0.5) is 5.69 Å². The monoisotopic (exact) mass is 264 g/mol. The fourth-order valence-electron chi connectivity index (χ4n) is 2.38. The molecule has 4 nitrogen and oxygen atoms in total. The van der Waals surface area contributed by atoms with E-state index in [4.69, 9.17) is 10.5 Å². The van der Waals surface area contributed by atoms with Crippen LogP contribution in [-0.2, 0) is 9.53 Å². The van der Waals surface area contributed by atoms with Gasteiger partial charge in [0.15, 0.2) is 0 Å². The van der Waals surface area contributed by atoms with Crippen molar-refractivity contribution < 1.29 is 9.53 Å². The topological polar surface area (TPSA) is 64.3 Å². The van der Waals surface area contributed by atoms with E-state index >= 15 is 0 Å². The maximum atomic E-state index is 11.5. The number of anilines is 1. The minimum absolute atomic E-state index is 0.121. The van der Waals surface area contributed by atoms with Gasteiger partial charge in [-0.05, 0) is 25.5 Å². The molecule has 3 atom stereocenters. The summed E-state index contributed by atoms with van der Waals surface area (Å²) >= 11 is 1.81. The maximum absolute atomic E-state index is 11.5. The van der Waals surface area contributed by atoms with E-state index in [-0.39, 0.29) is 5.91 Å². The molecule has 5 heteroatoms. The van der Waals surface area contributed by atoms with Crippen molar-refractivity contribution in [2.75, 3.05) is 11.9 Å². The van der Waals surface area contributed by atoms with Gasteiger partial charge in [0.2, 0.25) is 5.91 Å². The lowest BCUT2D eigenvalue weighted by atomic mass is 10.1. The Kier molecular flexibility index (Phi) is 3.05. The minimum Gasteiger partial charge on any atom is -0.377 e. The number of fused-ring (bicyclic) bond motifs is 1. The number of hydrogen-bond donors (Lipinski definition) is 2. The van der Waals surface area contributed by atoms with Crippen LogP contribution in [0.1, 0.15) is 24.9 Å². The minimum atomic E-state index is -0.521. The van der Waals surface area contributed by atoms with Crippen LogP contribution in [0.15, 0.2) is 23.1 Å². The number of carbonyl (C=O) groups excluding carboxylic acids is 1. The van der Waals surface area contributed by atoms with E-state index in [1.165, 1.54) is 0 Å². The van der Waals surface area contributed by atoms with Crippen molar-refractivity contribution in [3.63, 3.8) is 0 Å². The number of hydrogen-bond acceptors (Lipinski definition) is 4. The zero-order valence-corrected chi connectivity index (χ0v) is 11.0. The molecule has 0 bridgehead atoms. The highest BCUT2D eigenvalue weighted by molar-refractivity contribution is 8.00. The molecule has 1 fully saturated rings. The van der Waals surface area contributed by atoms with Gasteiger partial charge >= 0.3 is 0 Å². The summed E-state index contributed by atoms with van der Waals surface area (Å²) in [5.41, 5.74) is 7.53. The summed E-state index contributed by atoms with van der Waals surface area (Å²) in [6.07, 6.45) is 1.37. The lowest BCUT2D eigenvalue weighted by Gasteiger charge is -2.14. The van der Waals surface area contributed by atoms with Crippen molar-refractivity contribution in [1.29, 1.82) is 0 Å². The van der Waals surface area contributed by atoms with E-state index in [0.717, 1.165) is 29.2 Å². The van der Waals surface area contributed by atoms with E-state index in [2.05, 4.69) is 12.2 Å². The third-order valence-electron chi connectivity index (χ3n) is 3.49. The summed E-state index contributed by atoms with van der Waals surface area (Å²) in [4.78, 5) is 12.6. The smallest absolute Gasteiger partial charge is 0.245 e. The number of amides is 1. The second-order valence-electron chi connectivity index (χ2n) is 4.74. The van der Waals surface area contributed by atoms with E-state index in [1.54, 1.807) is 0 Å². The third kappa shape index (κ3) is 2.02. The highest BCUT2D eigenvalue weighted by atomic mass is 32.2. The lowest BCUT2D eigenvalue weighted by molar-refractivity contribution is -0.116. The summed E-state index contributed by atoms with van der Waals surface area (Å²) in [5.74, 6) is -0.121. The molecule has 1 amide bonds. The summed E-state index contributed by atoms with van der Waals surface area (Å²) < 4.78 is 5.55. The highest BCUT2D eigenvalue weighted by Gasteiger charge is 2.29. The Morgan fingerprint density at radius 3 is 3.06 bits per heavy atom. The predicted octanol–water partition coefficient (Wildman–Crippen LogP) is 1.91. The zero-order valence-electron chi connectivity index (χ0n) is 10.2. The zero-order chi connectivity index (χ0) is 12.7. The van der Waals surface area contributed by atoms with Crippen molar-refractivity contribution in [3.05, 3.63) is 23.8 Å². The van der Waals surface area contributed by atoms with Crippen molar-refractivity contribution in [1.82, 2.24) is 0 Å². The van der Waals surface area contributed by atoms with Gasteiger partial charge in [-0.1, -0.05) is 6.07 Å². The quantitative estimate of drug-likeness (QED) is 0.856. The Morgan fingerprint density at radius 2 is 2.33 bits per heavy atom. The lowest BCUT2D eigenvalue weighted by Crippen LogP contribution is -2.19. The normalized spacial score (nSPS) is 30.3. The molecule has 1 aromatic carbocycles. The second kappa shape index (κ2) is 4.57. The average molecular weight is 264 g/mol. The Balaban J connectivity index is 1.79. The molecule has 0 saturated carbocycles. The van der Waals surface area contributed by atoms with Crippen LogP contribution in [-0.4, -0.2) is 23.9 Å². The van der Waals surface area contributed by atoms with Gasteiger partial charge in [0.25, 0.3) is 0 Å². The molecule has 0 radical (unpaired) electrons. The highest BCUT2D eigenvalue weighted by Crippen LogP contribution is 2.37. The first-order valence-electron chi connectivity index (χ1n) is 6.14. The van der Waals surface area contributed by atoms with Crippen molar-refractivity contribution in [2.45, 2.75) is 35.6 Å². The number of thioether (sulfide) groups is 1. The first-order valence-corrected chi connectivity index (χ1v) is 7.02. The summed E-state index contributed by atoms with van der Waals surface area (Å²) in [6, 6.07) is 5.47. The van der Waals surface area contributed by atoms with Gasteiger partial charge in [-0.25, -0.2) is 0 Å². The largest absolute Gasteiger partial charge is 0.377 e. The molecule has 0 spiro atoms. The molecule has 3 N–H and O–H groups in total. The van der Waals surface area contributed by atoms with Gasteiger partial charge < -0.3 is 15.8 Å². The molecular formula is C13H16N2O2S. The molecule has 0 aliphatic carbocycles. The molecule has 18 heavy (non-hydrogen) atoms. The Hall–Kier alpha value is -1.04. The van der Waals surface area contributed by atoms with Crippen LogP contribution in [0.25, 0.3) is 0 Å². The number of ether oxygens (including phenoxy) is 1. The SMILES string of the molecule is CC1OCCC1Sc1ccc2c(c1)NC(=O)C2N. The number of rotatable bonds is 2.